The van der Waals surface area contributed by atoms with Gasteiger partial charge in [-0.05, 0) is 44.0 Å². The summed E-state index contributed by atoms with van der Waals surface area (Å²) in [5, 5.41) is 6.20. The van der Waals surface area contributed by atoms with Crippen molar-refractivity contribution in [2.75, 3.05) is 25.0 Å². The first-order valence-electron chi connectivity index (χ1n) is 7.36. The number of benzene rings is 1. The third kappa shape index (κ3) is 3.73. The molecule has 1 saturated heterocycles. The van der Waals surface area contributed by atoms with Crippen LogP contribution in [0.4, 0.5) is 5.69 Å². The van der Waals surface area contributed by atoms with Crippen LogP contribution >= 0.6 is 0 Å². The normalized spacial score (nSPS) is 16.2. The topological polar surface area (TPSA) is 44.4 Å². The highest BCUT2D eigenvalue weighted by molar-refractivity contribution is 5.73. The molecule has 1 aliphatic heterocycles. The van der Waals surface area contributed by atoms with Crippen LogP contribution < -0.4 is 15.5 Å². The van der Waals surface area contributed by atoms with E-state index in [0.717, 1.165) is 32.5 Å². The monoisotopic (exact) mass is 275 g/mol. The summed E-state index contributed by atoms with van der Waals surface area (Å²) in [5.41, 5.74) is 3.98. The maximum atomic E-state index is 11.1. The van der Waals surface area contributed by atoms with E-state index in [1.165, 1.54) is 16.8 Å². The van der Waals surface area contributed by atoms with Crippen LogP contribution in [0.5, 0.6) is 0 Å². The molecule has 20 heavy (non-hydrogen) atoms. The first kappa shape index (κ1) is 14.9. The molecule has 1 amide bonds. The molecule has 1 fully saturated rings. The lowest BCUT2D eigenvalue weighted by Gasteiger charge is -2.34. The Morgan fingerprint density at radius 3 is 2.60 bits per heavy atom. The summed E-state index contributed by atoms with van der Waals surface area (Å²) in [5.74, 6) is 0.0797. The van der Waals surface area contributed by atoms with E-state index in [4.69, 9.17) is 0 Å². The van der Waals surface area contributed by atoms with Gasteiger partial charge in [-0.25, -0.2) is 0 Å². The smallest absolute Gasteiger partial charge is 0.217 e. The Balaban J connectivity index is 1.98. The molecule has 0 radical (unpaired) electrons. The summed E-state index contributed by atoms with van der Waals surface area (Å²) >= 11 is 0. The first-order chi connectivity index (χ1) is 9.60. The summed E-state index contributed by atoms with van der Waals surface area (Å²) in [4.78, 5) is 13.5. The fourth-order valence-corrected chi connectivity index (χ4v) is 2.94. The Labute approximate surface area is 121 Å². The van der Waals surface area contributed by atoms with Crippen molar-refractivity contribution in [1.82, 2.24) is 10.6 Å². The van der Waals surface area contributed by atoms with Crippen LogP contribution in [0.1, 0.15) is 30.9 Å². The lowest BCUT2D eigenvalue weighted by Crippen LogP contribution is -2.44. The van der Waals surface area contributed by atoms with Crippen molar-refractivity contribution in [2.24, 2.45) is 0 Å². The number of rotatable bonds is 4. The van der Waals surface area contributed by atoms with Gasteiger partial charge in [-0.3, -0.25) is 4.79 Å². The Kier molecular flexibility index (Phi) is 5.01. The van der Waals surface area contributed by atoms with Crippen LogP contribution in [0.15, 0.2) is 18.2 Å². The average Bonchev–Trinajstić information content (AvgIpc) is 2.40. The summed E-state index contributed by atoms with van der Waals surface area (Å²) in [6.45, 7) is 6.70. The number of anilines is 1. The molecule has 0 atom stereocenters. The van der Waals surface area contributed by atoms with Crippen LogP contribution in [0.2, 0.25) is 0 Å². The van der Waals surface area contributed by atoms with Crippen molar-refractivity contribution in [3.05, 3.63) is 29.3 Å². The zero-order chi connectivity index (χ0) is 14.5. The molecule has 1 aromatic carbocycles. The zero-order valence-electron chi connectivity index (χ0n) is 12.7. The minimum Gasteiger partial charge on any atom is -0.371 e. The molecule has 0 saturated carbocycles. The third-order valence-electron chi connectivity index (χ3n) is 3.89. The van der Waals surface area contributed by atoms with Gasteiger partial charge in [0, 0.05) is 38.3 Å². The molecule has 2 N–H and O–H groups in total. The fourth-order valence-electron chi connectivity index (χ4n) is 2.94. The quantitative estimate of drug-likeness (QED) is 0.881. The van der Waals surface area contributed by atoms with E-state index in [9.17, 15) is 4.79 Å². The molecule has 1 aliphatic rings. The highest BCUT2D eigenvalue weighted by atomic mass is 16.1. The number of hydrogen-bond donors (Lipinski definition) is 2. The maximum absolute atomic E-state index is 11.1. The van der Waals surface area contributed by atoms with Gasteiger partial charge in [0.25, 0.3) is 0 Å². The Morgan fingerprint density at radius 2 is 2.05 bits per heavy atom. The molecular formula is C16H25N3O. The lowest BCUT2D eigenvalue weighted by atomic mass is 10.0. The van der Waals surface area contributed by atoms with E-state index < -0.39 is 0 Å². The summed E-state index contributed by atoms with van der Waals surface area (Å²) in [7, 11) is 1.97. The molecule has 2 rings (SSSR count). The standard InChI is InChI=1S/C16H25N3O/c1-12-10-14(11-17-3)4-5-16(12)19-8-6-15(7-9-19)18-13(2)20/h4-5,10,15,17H,6-9,11H2,1-3H3,(H,18,20). The van der Waals surface area contributed by atoms with Gasteiger partial charge in [0.2, 0.25) is 5.91 Å². The molecule has 110 valence electrons. The van der Waals surface area contributed by atoms with E-state index in [1.54, 1.807) is 6.92 Å². The van der Waals surface area contributed by atoms with Crippen LogP contribution in [0.3, 0.4) is 0 Å². The molecule has 4 nitrogen and oxygen atoms in total. The van der Waals surface area contributed by atoms with Crippen molar-refractivity contribution < 1.29 is 4.79 Å². The van der Waals surface area contributed by atoms with E-state index in [2.05, 4.69) is 40.7 Å². The molecule has 0 bridgehead atoms. The minimum absolute atomic E-state index is 0.0797. The van der Waals surface area contributed by atoms with E-state index in [-0.39, 0.29) is 5.91 Å². The van der Waals surface area contributed by atoms with Crippen LogP contribution in [0, 0.1) is 6.92 Å². The number of nitrogens with zero attached hydrogens (tertiary/aromatic N) is 1. The van der Waals surface area contributed by atoms with Gasteiger partial charge in [0.1, 0.15) is 0 Å². The highest BCUT2D eigenvalue weighted by Crippen LogP contribution is 2.24. The molecule has 1 heterocycles. The number of piperidine rings is 1. The molecule has 1 aromatic rings. The van der Waals surface area contributed by atoms with Gasteiger partial charge in [0.05, 0.1) is 0 Å². The first-order valence-corrected chi connectivity index (χ1v) is 7.36. The second-order valence-electron chi connectivity index (χ2n) is 5.61. The lowest BCUT2D eigenvalue weighted by molar-refractivity contribution is -0.119. The molecular weight excluding hydrogens is 250 g/mol. The van der Waals surface area contributed by atoms with Crippen molar-refractivity contribution in [3.63, 3.8) is 0 Å². The average molecular weight is 275 g/mol. The summed E-state index contributed by atoms with van der Waals surface area (Å²) in [6, 6.07) is 7.01. The number of aryl methyl sites for hydroxylation is 1. The SMILES string of the molecule is CNCc1ccc(N2CCC(NC(C)=O)CC2)c(C)c1. The van der Waals surface area contributed by atoms with Gasteiger partial charge in [-0.15, -0.1) is 0 Å². The summed E-state index contributed by atoms with van der Waals surface area (Å²) in [6.07, 6.45) is 2.05. The van der Waals surface area contributed by atoms with Crippen molar-refractivity contribution in [3.8, 4) is 0 Å². The molecule has 0 spiro atoms. The van der Waals surface area contributed by atoms with Gasteiger partial charge >= 0.3 is 0 Å². The van der Waals surface area contributed by atoms with Crippen LogP contribution in [-0.2, 0) is 11.3 Å². The number of carbonyl (C=O) groups is 1. The Morgan fingerprint density at radius 1 is 1.35 bits per heavy atom. The van der Waals surface area contributed by atoms with E-state index in [0.29, 0.717) is 6.04 Å². The number of amides is 1. The van der Waals surface area contributed by atoms with Crippen LogP contribution in [-0.4, -0.2) is 32.1 Å². The van der Waals surface area contributed by atoms with Gasteiger partial charge in [-0.1, -0.05) is 12.1 Å². The Hall–Kier alpha value is -1.55. The molecule has 0 unspecified atom stereocenters. The minimum atomic E-state index is 0.0797. The van der Waals surface area contributed by atoms with Gasteiger partial charge < -0.3 is 15.5 Å². The fraction of sp³-hybridized carbons (Fsp3) is 0.562. The van der Waals surface area contributed by atoms with Crippen LogP contribution in [0.25, 0.3) is 0 Å². The van der Waals surface area contributed by atoms with E-state index in [1.807, 2.05) is 7.05 Å². The predicted molar refractivity (Wildman–Crippen MR) is 83.0 cm³/mol. The second kappa shape index (κ2) is 6.75. The van der Waals surface area contributed by atoms with Crippen molar-refractivity contribution in [1.29, 1.82) is 0 Å². The second-order valence-corrected chi connectivity index (χ2v) is 5.61. The molecule has 0 aliphatic carbocycles. The maximum Gasteiger partial charge on any atom is 0.217 e. The van der Waals surface area contributed by atoms with Gasteiger partial charge in [0.15, 0.2) is 0 Å². The molecule has 4 heteroatoms. The van der Waals surface area contributed by atoms with Crippen molar-refractivity contribution in [2.45, 2.75) is 39.3 Å². The highest BCUT2D eigenvalue weighted by Gasteiger charge is 2.20. The Bertz CT molecular complexity index is 465. The van der Waals surface area contributed by atoms with Gasteiger partial charge in [-0.2, -0.15) is 0 Å². The van der Waals surface area contributed by atoms with Crippen molar-refractivity contribution >= 4 is 11.6 Å². The predicted octanol–water partition coefficient (Wildman–Crippen LogP) is 1.82. The summed E-state index contributed by atoms with van der Waals surface area (Å²) < 4.78 is 0. The number of carbonyl (C=O) groups excluding carboxylic acids is 1. The largest absolute Gasteiger partial charge is 0.371 e. The van der Waals surface area contributed by atoms with E-state index >= 15 is 0 Å². The zero-order valence-corrected chi connectivity index (χ0v) is 12.7. The third-order valence-corrected chi connectivity index (χ3v) is 3.89. The molecule has 0 aromatic heterocycles. The number of hydrogen-bond acceptors (Lipinski definition) is 3. The number of nitrogens with one attached hydrogen (secondary N) is 2.